The molecule has 0 atom stereocenters. The summed E-state index contributed by atoms with van der Waals surface area (Å²) in [7, 11) is 0. The lowest BCUT2D eigenvalue weighted by Crippen LogP contribution is -2.31. The number of piperidine rings is 1. The Hall–Kier alpha value is -1.03. The van der Waals surface area contributed by atoms with Crippen LogP contribution in [-0.2, 0) is 19.4 Å². The highest BCUT2D eigenvalue weighted by molar-refractivity contribution is 5.49. The number of rotatable bonds is 4. The molecule has 2 aliphatic rings. The molecule has 0 saturated carbocycles. The lowest BCUT2D eigenvalue weighted by molar-refractivity contribution is 0.230. The van der Waals surface area contributed by atoms with Gasteiger partial charge in [0.1, 0.15) is 5.82 Å². The minimum absolute atomic E-state index is 0.971. The fourth-order valence-electron chi connectivity index (χ4n) is 3.52. The van der Waals surface area contributed by atoms with Gasteiger partial charge in [0.15, 0.2) is 0 Å². The van der Waals surface area contributed by atoms with Crippen LogP contribution >= 0.6 is 0 Å². The standard InChI is InChI=1S/C16H28N4/c1-2-20-16-14(8-4-5-10-17-16)15(18-20)9-13-19-11-6-3-7-12-19/h17H,2-13H2,1H3. The molecule has 3 rings (SSSR count). The van der Waals surface area contributed by atoms with Crippen molar-refractivity contribution in [3.63, 3.8) is 0 Å². The molecule has 0 aromatic carbocycles. The zero-order valence-corrected chi connectivity index (χ0v) is 12.8. The van der Waals surface area contributed by atoms with Gasteiger partial charge < -0.3 is 10.2 Å². The van der Waals surface area contributed by atoms with E-state index in [1.165, 1.54) is 75.2 Å². The lowest BCUT2D eigenvalue weighted by atomic mass is 10.1. The van der Waals surface area contributed by atoms with E-state index in [-0.39, 0.29) is 0 Å². The summed E-state index contributed by atoms with van der Waals surface area (Å²) in [6.07, 6.45) is 9.08. The van der Waals surface area contributed by atoms with Crippen LogP contribution in [0.1, 0.15) is 50.3 Å². The summed E-state index contributed by atoms with van der Waals surface area (Å²) in [6.45, 7) is 8.02. The molecule has 1 N–H and O–H groups in total. The van der Waals surface area contributed by atoms with Crippen molar-refractivity contribution in [1.82, 2.24) is 14.7 Å². The molecule has 1 fully saturated rings. The van der Waals surface area contributed by atoms with E-state index in [9.17, 15) is 0 Å². The predicted octanol–water partition coefficient (Wildman–Crippen LogP) is 2.68. The second-order valence-corrected chi connectivity index (χ2v) is 6.13. The third-order valence-electron chi connectivity index (χ3n) is 4.69. The molecule has 0 amide bonds. The Morgan fingerprint density at radius 1 is 1.10 bits per heavy atom. The van der Waals surface area contributed by atoms with Crippen molar-refractivity contribution < 1.29 is 0 Å². The number of fused-ring (bicyclic) bond motifs is 1. The van der Waals surface area contributed by atoms with Crippen LogP contribution < -0.4 is 5.32 Å². The average molecular weight is 276 g/mol. The van der Waals surface area contributed by atoms with Gasteiger partial charge >= 0.3 is 0 Å². The highest BCUT2D eigenvalue weighted by Crippen LogP contribution is 2.26. The number of anilines is 1. The summed E-state index contributed by atoms with van der Waals surface area (Å²) >= 11 is 0. The Balaban J connectivity index is 1.70. The van der Waals surface area contributed by atoms with Crippen LogP contribution in [0.5, 0.6) is 0 Å². The van der Waals surface area contributed by atoms with Crippen LogP contribution in [0.4, 0.5) is 5.82 Å². The molecule has 0 aliphatic carbocycles. The maximum atomic E-state index is 4.86. The minimum Gasteiger partial charge on any atom is -0.370 e. The third-order valence-corrected chi connectivity index (χ3v) is 4.69. The fraction of sp³-hybridized carbons (Fsp3) is 0.812. The van der Waals surface area contributed by atoms with Crippen LogP contribution in [0.2, 0.25) is 0 Å². The van der Waals surface area contributed by atoms with Crippen molar-refractivity contribution in [2.24, 2.45) is 0 Å². The molecule has 2 aliphatic heterocycles. The van der Waals surface area contributed by atoms with Gasteiger partial charge in [-0.05, 0) is 52.1 Å². The number of hydrogen-bond donors (Lipinski definition) is 1. The molecular formula is C16H28N4. The summed E-state index contributed by atoms with van der Waals surface area (Å²) in [5, 5.41) is 8.45. The summed E-state index contributed by atoms with van der Waals surface area (Å²) in [5.74, 6) is 1.30. The van der Waals surface area contributed by atoms with Crippen molar-refractivity contribution in [2.75, 3.05) is 31.5 Å². The van der Waals surface area contributed by atoms with Gasteiger partial charge in [-0.15, -0.1) is 0 Å². The number of nitrogens with zero attached hydrogens (tertiary/aromatic N) is 3. The quantitative estimate of drug-likeness (QED) is 0.918. The zero-order valence-electron chi connectivity index (χ0n) is 12.8. The Bertz CT molecular complexity index is 432. The van der Waals surface area contributed by atoms with Crippen LogP contribution in [0, 0.1) is 0 Å². The molecular weight excluding hydrogens is 248 g/mol. The van der Waals surface area contributed by atoms with Crippen molar-refractivity contribution in [2.45, 2.75) is 58.4 Å². The second-order valence-electron chi connectivity index (χ2n) is 6.13. The van der Waals surface area contributed by atoms with Crippen molar-refractivity contribution in [3.05, 3.63) is 11.3 Å². The monoisotopic (exact) mass is 276 g/mol. The van der Waals surface area contributed by atoms with E-state index in [2.05, 4.69) is 21.8 Å². The molecule has 1 saturated heterocycles. The van der Waals surface area contributed by atoms with Gasteiger partial charge in [0.25, 0.3) is 0 Å². The Kier molecular flexibility index (Phi) is 4.61. The van der Waals surface area contributed by atoms with Gasteiger partial charge in [0, 0.05) is 31.6 Å². The van der Waals surface area contributed by atoms with E-state index in [4.69, 9.17) is 5.10 Å². The number of likely N-dealkylation sites (tertiary alicyclic amines) is 1. The third kappa shape index (κ3) is 3.00. The van der Waals surface area contributed by atoms with Crippen LogP contribution in [0.15, 0.2) is 0 Å². The molecule has 0 radical (unpaired) electrons. The van der Waals surface area contributed by atoms with Gasteiger partial charge in [0.05, 0.1) is 5.69 Å². The highest BCUT2D eigenvalue weighted by atomic mass is 15.3. The predicted molar refractivity (Wildman–Crippen MR) is 83.3 cm³/mol. The maximum absolute atomic E-state index is 4.86. The van der Waals surface area contributed by atoms with Crippen LogP contribution in [-0.4, -0.2) is 40.9 Å². The van der Waals surface area contributed by atoms with E-state index in [1.807, 2.05) is 0 Å². The van der Waals surface area contributed by atoms with E-state index in [0.29, 0.717) is 0 Å². The minimum atomic E-state index is 0.971. The van der Waals surface area contributed by atoms with Crippen molar-refractivity contribution in [3.8, 4) is 0 Å². The van der Waals surface area contributed by atoms with E-state index in [0.717, 1.165) is 19.5 Å². The largest absolute Gasteiger partial charge is 0.370 e. The summed E-state index contributed by atoms with van der Waals surface area (Å²) in [6, 6.07) is 0. The molecule has 3 heterocycles. The first-order valence-electron chi connectivity index (χ1n) is 8.43. The Morgan fingerprint density at radius 2 is 1.95 bits per heavy atom. The molecule has 4 nitrogen and oxygen atoms in total. The molecule has 4 heteroatoms. The van der Waals surface area contributed by atoms with Crippen LogP contribution in [0.25, 0.3) is 0 Å². The fourth-order valence-corrected chi connectivity index (χ4v) is 3.52. The van der Waals surface area contributed by atoms with Gasteiger partial charge in [-0.1, -0.05) is 6.42 Å². The number of hydrogen-bond acceptors (Lipinski definition) is 3. The normalized spacial score (nSPS) is 20.2. The second kappa shape index (κ2) is 6.61. The highest BCUT2D eigenvalue weighted by Gasteiger charge is 2.19. The van der Waals surface area contributed by atoms with Crippen molar-refractivity contribution >= 4 is 5.82 Å². The van der Waals surface area contributed by atoms with Gasteiger partial charge in [-0.3, -0.25) is 0 Å². The molecule has 20 heavy (non-hydrogen) atoms. The Morgan fingerprint density at radius 3 is 2.75 bits per heavy atom. The van der Waals surface area contributed by atoms with E-state index >= 15 is 0 Å². The molecule has 1 aromatic heterocycles. The van der Waals surface area contributed by atoms with E-state index < -0.39 is 0 Å². The molecule has 0 spiro atoms. The summed E-state index contributed by atoms with van der Waals surface area (Å²) in [4.78, 5) is 2.62. The summed E-state index contributed by atoms with van der Waals surface area (Å²) in [5.41, 5.74) is 2.85. The number of nitrogens with one attached hydrogen (secondary N) is 1. The first kappa shape index (κ1) is 13.9. The van der Waals surface area contributed by atoms with Crippen molar-refractivity contribution in [1.29, 1.82) is 0 Å². The molecule has 112 valence electrons. The van der Waals surface area contributed by atoms with Crippen LogP contribution in [0.3, 0.4) is 0 Å². The first-order valence-corrected chi connectivity index (χ1v) is 8.43. The maximum Gasteiger partial charge on any atom is 0.127 e. The topological polar surface area (TPSA) is 33.1 Å². The smallest absolute Gasteiger partial charge is 0.127 e. The Labute approximate surface area is 122 Å². The molecule has 0 unspecified atom stereocenters. The first-order chi connectivity index (χ1) is 9.88. The zero-order chi connectivity index (χ0) is 13.8. The van der Waals surface area contributed by atoms with Gasteiger partial charge in [-0.2, -0.15) is 5.10 Å². The molecule has 0 bridgehead atoms. The average Bonchev–Trinajstić information content (AvgIpc) is 2.67. The number of aryl methyl sites for hydroxylation is 1. The van der Waals surface area contributed by atoms with Gasteiger partial charge in [-0.25, -0.2) is 4.68 Å². The van der Waals surface area contributed by atoms with Gasteiger partial charge in [0.2, 0.25) is 0 Å². The lowest BCUT2D eigenvalue weighted by Gasteiger charge is -2.26. The summed E-state index contributed by atoms with van der Waals surface area (Å²) < 4.78 is 2.17. The van der Waals surface area contributed by atoms with E-state index in [1.54, 1.807) is 0 Å². The SMILES string of the molecule is CCn1nc(CCN2CCCCC2)c2c1NCCCC2. The number of aromatic nitrogens is 2. The molecule has 1 aromatic rings.